The summed E-state index contributed by atoms with van der Waals surface area (Å²) < 4.78 is 17.6. The molecule has 4 nitrogen and oxygen atoms in total. The van der Waals surface area contributed by atoms with Crippen LogP contribution < -0.4 is 11.1 Å². The lowest BCUT2D eigenvalue weighted by Crippen LogP contribution is -2.14. The topological polar surface area (TPSA) is 64.3 Å². The van der Waals surface area contributed by atoms with Crippen LogP contribution in [0.4, 0.5) is 15.8 Å². The number of amides is 1. The Kier molecular flexibility index (Phi) is 4.05. The highest BCUT2D eigenvalue weighted by molar-refractivity contribution is 5.93. The van der Waals surface area contributed by atoms with Gasteiger partial charge in [0.15, 0.2) is 0 Å². The molecule has 0 spiro atoms. The summed E-state index contributed by atoms with van der Waals surface area (Å²) in [4.78, 5) is 11.3. The zero-order chi connectivity index (χ0) is 11.3. The minimum absolute atomic E-state index is 0.215. The number of hydrogen-bond donors (Lipinski definition) is 2. The van der Waals surface area contributed by atoms with Gasteiger partial charge in [-0.1, -0.05) is 0 Å². The molecule has 1 amide bonds. The summed E-state index contributed by atoms with van der Waals surface area (Å²) in [6.45, 7) is 0.320. The largest absolute Gasteiger partial charge is 0.397 e. The van der Waals surface area contributed by atoms with Gasteiger partial charge < -0.3 is 15.8 Å². The molecule has 0 saturated heterocycles. The second kappa shape index (κ2) is 5.31. The van der Waals surface area contributed by atoms with Gasteiger partial charge in [0.1, 0.15) is 5.82 Å². The molecule has 0 aliphatic heterocycles. The van der Waals surface area contributed by atoms with E-state index in [2.05, 4.69) is 5.32 Å². The molecule has 0 aliphatic carbocycles. The molecule has 0 unspecified atom stereocenters. The fraction of sp³-hybridized carbons (Fsp3) is 0.300. The maximum absolute atomic E-state index is 12.8. The molecule has 0 radical (unpaired) electrons. The van der Waals surface area contributed by atoms with Crippen LogP contribution in [0.2, 0.25) is 0 Å². The van der Waals surface area contributed by atoms with Gasteiger partial charge in [0.2, 0.25) is 5.91 Å². The Morgan fingerprint density at radius 1 is 1.60 bits per heavy atom. The fourth-order valence-electron chi connectivity index (χ4n) is 1.04. The predicted molar refractivity (Wildman–Crippen MR) is 55.9 cm³/mol. The highest BCUT2D eigenvalue weighted by atomic mass is 19.1. The van der Waals surface area contributed by atoms with E-state index in [1.807, 2.05) is 0 Å². The molecule has 82 valence electrons. The first kappa shape index (κ1) is 11.5. The van der Waals surface area contributed by atoms with Crippen LogP contribution in [0, 0.1) is 5.82 Å². The Balaban J connectivity index is 2.63. The third-order valence-corrected chi connectivity index (χ3v) is 1.82. The van der Waals surface area contributed by atoms with Gasteiger partial charge in [0.05, 0.1) is 24.4 Å². The molecule has 0 atom stereocenters. The predicted octanol–water partition coefficient (Wildman–Crippen LogP) is 1.38. The van der Waals surface area contributed by atoms with Crippen molar-refractivity contribution < 1.29 is 13.9 Å². The summed E-state index contributed by atoms with van der Waals surface area (Å²) in [5.74, 6) is -0.694. The number of nitrogens with two attached hydrogens (primary N) is 1. The first-order chi connectivity index (χ1) is 7.13. The standard InChI is InChI=1S/C10H13FN2O2/c1-15-5-4-10(14)13-9-6-7(11)2-3-8(9)12/h2-3,6H,4-5,12H2,1H3,(H,13,14). The molecule has 1 aromatic rings. The maximum atomic E-state index is 12.8. The maximum Gasteiger partial charge on any atom is 0.226 e. The number of halogens is 1. The van der Waals surface area contributed by atoms with Gasteiger partial charge >= 0.3 is 0 Å². The van der Waals surface area contributed by atoms with Crippen molar-refractivity contribution in [2.24, 2.45) is 0 Å². The van der Waals surface area contributed by atoms with Gasteiger partial charge in [0.25, 0.3) is 0 Å². The summed E-state index contributed by atoms with van der Waals surface area (Å²) in [7, 11) is 1.50. The van der Waals surface area contributed by atoms with E-state index in [-0.39, 0.29) is 18.0 Å². The Hall–Kier alpha value is -1.62. The number of hydrogen-bond acceptors (Lipinski definition) is 3. The van der Waals surface area contributed by atoms with Crippen LogP contribution >= 0.6 is 0 Å². The summed E-state index contributed by atoms with van der Waals surface area (Å²) >= 11 is 0. The Labute approximate surface area is 87.2 Å². The second-order valence-corrected chi connectivity index (χ2v) is 3.02. The highest BCUT2D eigenvalue weighted by Gasteiger charge is 2.05. The minimum atomic E-state index is -0.439. The van der Waals surface area contributed by atoms with Gasteiger partial charge in [-0.2, -0.15) is 0 Å². The van der Waals surface area contributed by atoms with Crippen LogP contribution in [0.1, 0.15) is 6.42 Å². The van der Waals surface area contributed by atoms with E-state index < -0.39 is 5.82 Å². The van der Waals surface area contributed by atoms with Crippen LogP contribution in [-0.4, -0.2) is 19.6 Å². The van der Waals surface area contributed by atoms with E-state index in [0.717, 1.165) is 0 Å². The normalized spacial score (nSPS) is 10.0. The van der Waals surface area contributed by atoms with E-state index in [0.29, 0.717) is 12.3 Å². The Bertz CT molecular complexity index is 355. The lowest BCUT2D eigenvalue weighted by Gasteiger charge is -2.07. The van der Waals surface area contributed by atoms with Gasteiger partial charge in [-0.05, 0) is 18.2 Å². The number of methoxy groups -OCH3 is 1. The lowest BCUT2D eigenvalue weighted by atomic mass is 10.2. The van der Waals surface area contributed by atoms with E-state index in [1.165, 1.54) is 25.3 Å². The molecule has 0 aliphatic rings. The molecule has 0 bridgehead atoms. The summed E-state index contributed by atoms with van der Waals surface area (Å²) in [5.41, 5.74) is 6.18. The molecule has 1 rings (SSSR count). The van der Waals surface area contributed by atoms with Crippen molar-refractivity contribution in [2.75, 3.05) is 24.8 Å². The molecule has 0 aromatic heterocycles. The number of ether oxygens (including phenoxy) is 1. The summed E-state index contributed by atoms with van der Waals surface area (Å²) in [6.07, 6.45) is 0.215. The molecule has 5 heteroatoms. The van der Waals surface area contributed by atoms with E-state index >= 15 is 0 Å². The van der Waals surface area contributed by atoms with E-state index in [4.69, 9.17) is 10.5 Å². The van der Waals surface area contributed by atoms with Gasteiger partial charge in [-0.3, -0.25) is 4.79 Å². The molecular formula is C10H13FN2O2. The van der Waals surface area contributed by atoms with Gasteiger partial charge in [-0.15, -0.1) is 0 Å². The van der Waals surface area contributed by atoms with Crippen molar-refractivity contribution in [3.63, 3.8) is 0 Å². The fourth-order valence-corrected chi connectivity index (χ4v) is 1.04. The van der Waals surface area contributed by atoms with Crippen LogP contribution in [0.5, 0.6) is 0 Å². The number of rotatable bonds is 4. The zero-order valence-electron chi connectivity index (χ0n) is 8.42. The Morgan fingerprint density at radius 3 is 3.00 bits per heavy atom. The van der Waals surface area contributed by atoms with Crippen molar-refractivity contribution >= 4 is 17.3 Å². The quantitative estimate of drug-likeness (QED) is 0.741. The average molecular weight is 212 g/mol. The molecule has 3 N–H and O–H groups in total. The second-order valence-electron chi connectivity index (χ2n) is 3.02. The third kappa shape index (κ3) is 3.55. The molecule has 0 heterocycles. The summed E-state index contributed by atoms with van der Waals surface area (Å²) in [6, 6.07) is 3.82. The van der Waals surface area contributed by atoms with Crippen molar-refractivity contribution in [2.45, 2.75) is 6.42 Å². The first-order valence-corrected chi connectivity index (χ1v) is 4.47. The van der Waals surface area contributed by atoms with E-state index in [9.17, 15) is 9.18 Å². The number of nitrogen functional groups attached to an aromatic ring is 1. The van der Waals surface area contributed by atoms with Gasteiger partial charge in [-0.25, -0.2) is 4.39 Å². The van der Waals surface area contributed by atoms with Crippen molar-refractivity contribution in [1.82, 2.24) is 0 Å². The van der Waals surface area contributed by atoms with Crippen LogP contribution in [0.3, 0.4) is 0 Å². The van der Waals surface area contributed by atoms with Crippen molar-refractivity contribution in [3.8, 4) is 0 Å². The number of nitrogens with one attached hydrogen (secondary N) is 1. The first-order valence-electron chi connectivity index (χ1n) is 4.47. The smallest absolute Gasteiger partial charge is 0.226 e. The third-order valence-electron chi connectivity index (χ3n) is 1.82. The minimum Gasteiger partial charge on any atom is -0.397 e. The molecule has 0 fully saturated rings. The SMILES string of the molecule is COCCC(=O)Nc1cc(F)ccc1N. The molecule has 0 saturated carbocycles. The highest BCUT2D eigenvalue weighted by Crippen LogP contribution is 2.19. The Morgan fingerprint density at radius 2 is 2.33 bits per heavy atom. The van der Waals surface area contributed by atoms with Crippen LogP contribution in [0.25, 0.3) is 0 Å². The lowest BCUT2D eigenvalue weighted by molar-refractivity contribution is -0.117. The van der Waals surface area contributed by atoms with E-state index in [1.54, 1.807) is 0 Å². The number of benzene rings is 1. The van der Waals surface area contributed by atoms with Crippen LogP contribution in [0.15, 0.2) is 18.2 Å². The van der Waals surface area contributed by atoms with Crippen molar-refractivity contribution in [1.29, 1.82) is 0 Å². The monoisotopic (exact) mass is 212 g/mol. The number of carbonyl (C=O) groups excluding carboxylic acids is 1. The molecule has 15 heavy (non-hydrogen) atoms. The van der Waals surface area contributed by atoms with Crippen LogP contribution in [-0.2, 0) is 9.53 Å². The molecular weight excluding hydrogens is 199 g/mol. The zero-order valence-corrected chi connectivity index (χ0v) is 8.42. The number of anilines is 2. The van der Waals surface area contributed by atoms with Crippen molar-refractivity contribution in [3.05, 3.63) is 24.0 Å². The molecule has 1 aromatic carbocycles. The van der Waals surface area contributed by atoms with Gasteiger partial charge in [0, 0.05) is 7.11 Å². The average Bonchev–Trinajstić information content (AvgIpc) is 2.20. The summed E-state index contributed by atoms with van der Waals surface area (Å²) in [5, 5.41) is 2.50. The number of carbonyl (C=O) groups is 1.